The van der Waals surface area contributed by atoms with Crippen molar-refractivity contribution in [2.45, 2.75) is 156 Å². The van der Waals surface area contributed by atoms with Crippen LogP contribution in [0.2, 0.25) is 0 Å². The molecule has 2 aliphatic heterocycles. The molecule has 0 unspecified atom stereocenters. The van der Waals surface area contributed by atoms with E-state index >= 15 is 0 Å². The maximum absolute atomic E-state index is 2.40. The Labute approximate surface area is 341 Å². The van der Waals surface area contributed by atoms with Gasteiger partial charge in [0, 0.05) is 26.2 Å². The third-order valence-corrected chi connectivity index (χ3v) is 9.62. The van der Waals surface area contributed by atoms with E-state index in [9.17, 15) is 0 Å². The van der Waals surface area contributed by atoms with E-state index in [1.165, 1.54) is 111 Å². The van der Waals surface area contributed by atoms with Crippen molar-refractivity contribution in [2.24, 2.45) is 17.8 Å². The van der Waals surface area contributed by atoms with Gasteiger partial charge in [-0.2, -0.15) is 0 Å². The van der Waals surface area contributed by atoms with Gasteiger partial charge in [0.2, 0.25) is 0 Å². The van der Waals surface area contributed by atoms with Gasteiger partial charge in [-0.1, -0.05) is 187 Å². The third-order valence-electron chi connectivity index (χ3n) is 9.62. The van der Waals surface area contributed by atoms with E-state index in [1.54, 1.807) is 0 Å². The Balaban J connectivity index is -0.000000275. The zero-order valence-corrected chi connectivity index (χ0v) is 40.3. The maximum Gasteiger partial charge on any atom is 0.0107 e. The molecule has 3 aliphatic rings. The summed E-state index contributed by atoms with van der Waals surface area (Å²) in [4.78, 5) is 7.12. The minimum atomic E-state index is 0.978. The first-order valence-electron chi connectivity index (χ1n) is 22.5. The normalized spacial score (nSPS) is 17.9. The average molecular weight is 752 g/mol. The number of likely N-dealkylation sites (tertiary alicyclic amines) is 1. The molecule has 3 fully saturated rings. The van der Waals surface area contributed by atoms with Gasteiger partial charge in [0.15, 0.2) is 0 Å². The molecule has 54 heavy (non-hydrogen) atoms. The molecule has 3 aromatic rings. The number of hydrogen-bond donors (Lipinski definition) is 0. The predicted octanol–water partition coefficient (Wildman–Crippen LogP) is 14.9. The number of piperidine rings is 1. The second-order valence-electron chi connectivity index (χ2n) is 14.4. The fourth-order valence-corrected chi connectivity index (χ4v) is 5.71. The molecular weight excluding hydrogens is 655 g/mol. The summed E-state index contributed by atoms with van der Waals surface area (Å²) < 4.78 is 0. The lowest BCUT2D eigenvalue weighted by molar-refractivity contribution is 0.181. The number of nitrogens with zero attached hydrogens (tertiary/aromatic N) is 3. The highest BCUT2D eigenvalue weighted by Gasteiger charge is 2.13. The van der Waals surface area contributed by atoms with Crippen LogP contribution in [0.1, 0.15) is 151 Å². The van der Waals surface area contributed by atoms with Gasteiger partial charge in [-0.3, -0.25) is 0 Å². The molecule has 0 N–H and O–H groups in total. The highest BCUT2D eigenvalue weighted by Crippen LogP contribution is 2.27. The van der Waals surface area contributed by atoms with Crippen molar-refractivity contribution in [3.8, 4) is 0 Å². The van der Waals surface area contributed by atoms with Crippen molar-refractivity contribution < 1.29 is 0 Å². The Morgan fingerprint density at radius 1 is 0.352 bits per heavy atom. The SMILES string of the molecule is CC.CC.CC.CC.CC.CC1CCC(C)CC1.CC1CCN(C)CC1.CN1CCN(C)CC1.Cc1ccc(C)c2ccccc12.Cc1ccc(C)cc1. The minimum absolute atomic E-state index is 0.978. The highest BCUT2D eigenvalue weighted by molar-refractivity contribution is 5.88. The van der Waals surface area contributed by atoms with E-state index in [-0.39, 0.29) is 0 Å². The first kappa shape index (κ1) is 58.5. The van der Waals surface area contributed by atoms with Gasteiger partial charge < -0.3 is 14.7 Å². The van der Waals surface area contributed by atoms with Crippen LogP contribution in [0.5, 0.6) is 0 Å². The van der Waals surface area contributed by atoms with Gasteiger partial charge in [0.05, 0.1) is 0 Å². The molecule has 6 rings (SSSR count). The Kier molecular flexibility index (Phi) is 43.8. The van der Waals surface area contributed by atoms with Crippen LogP contribution in [0.25, 0.3) is 10.8 Å². The molecule has 2 heterocycles. The van der Waals surface area contributed by atoms with E-state index in [0.717, 1.165) is 17.8 Å². The molecule has 0 aromatic heterocycles. The molecule has 0 spiro atoms. The van der Waals surface area contributed by atoms with Crippen LogP contribution in [-0.2, 0) is 0 Å². The first-order valence-corrected chi connectivity index (χ1v) is 22.5. The van der Waals surface area contributed by atoms with Gasteiger partial charge in [0.1, 0.15) is 0 Å². The van der Waals surface area contributed by atoms with Gasteiger partial charge in [-0.05, 0) is 114 Å². The zero-order chi connectivity index (χ0) is 42.5. The second kappa shape index (κ2) is 40.5. The van der Waals surface area contributed by atoms with Crippen LogP contribution in [0, 0.1) is 45.4 Å². The molecule has 0 radical (unpaired) electrons. The number of likely N-dealkylation sites (N-methyl/N-ethyl adjacent to an activating group) is 2. The monoisotopic (exact) mass is 752 g/mol. The van der Waals surface area contributed by atoms with Crippen molar-refractivity contribution in [1.29, 1.82) is 0 Å². The fourth-order valence-electron chi connectivity index (χ4n) is 5.71. The Morgan fingerprint density at radius 2 is 0.593 bits per heavy atom. The van der Waals surface area contributed by atoms with Gasteiger partial charge >= 0.3 is 0 Å². The smallest absolute Gasteiger partial charge is 0.0107 e. The van der Waals surface area contributed by atoms with Gasteiger partial charge in [0.25, 0.3) is 0 Å². The summed E-state index contributed by atoms with van der Waals surface area (Å²) in [6.45, 7) is 43.1. The van der Waals surface area contributed by atoms with E-state index in [1.807, 2.05) is 69.2 Å². The highest BCUT2D eigenvalue weighted by atomic mass is 15.2. The van der Waals surface area contributed by atoms with Crippen LogP contribution in [0.3, 0.4) is 0 Å². The van der Waals surface area contributed by atoms with Crippen LogP contribution in [-0.4, -0.2) is 75.1 Å². The molecule has 0 atom stereocenters. The van der Waals surface area contributed by atoms with Crippen molar-refractivity contribution in [1.82, 2.24) is 14.7 Å². The van der Waals surface area contributed by atoms with E-state index in [0.29, 0.717) is 0 Å². The summed E-state index contributed by atoms with van der Waals surface area (Å²) in [6, 6.07) is 21.4. The topological polar surface area (TPSA) is 9.72 Å². The number of piperazine rings is 1. The number of fused-ring (bicyclic) bond motifs is 1. The Bertz CT molecular complexity index is 1010. The molecule has 3 heteroatoms. The first-order chi connectivity index (χ1) is 25.9. The van der Waals surface area contributed by atoms with Crippen LogP contribution in [0.4, 0.5) is 0 Å². The molecule has 316 valence electrons. The van der Waals surface area contributed by atoms with E-state index < -0.39 is 0 Å². The van der Waals surface area contributed by atoms with Crippen LogP contribution in [0.15, 0.2) is 60.7 Å². The summed E-state index contributed by atoms with van der Waals surface area (Å²) >= 11 is 0. The van der Waals surface area contributed by atoms with Crippen molar-refractivity contribution in [3.63, 3.8) is 0 Å². The van der Waals surface area contributed by atoms with Crippen molar-refractivity contribution in [3.05, 3.63) is 82.9 Å². The zero-order valence-electron chi connectivity index (χ0n) is 40.3. The lowest BCUT2D eigenvalue weighted by Gasteiger charge is -2.28. The van der Waals surface area contributed by atoms with E-state index in [4.69, 9.17) is 0 Å². The lowest BCUT2D eigenvalue weighted by atomic mass is 9.84. The van der Waals surface area contributed by atoms with Gasteiger partial charge in [-0.15, -0.1) is 0 Å². The van der Waals surface area contributed by atoms with E-state index in [2.05, 4.69) is 145 Å². The summed E-state index contributed by atoms with van der Waals surface area (Å²) in [5, 5.41) is 2.75. The average Bonchev–Trinajstić information content (AvgIpc) is 3.23. The summed E-state index contributed by atoms with van der Waals surface area (Å²) in [7, 11) is 6.55. The molecule has 0 bridgehead atoms. The summed E-state index contributed by atoms with van der Waals surface area (Å²) in [5.74, 6) is 3.02. The summed E-state index contributed by atoms with van der Waals surface area (Å²) in [6.07, 6.45) is 8.69. The van der Waals surface area contributed by atoms with Gasteiger partial charge in [-0.25, -0.2) is 0 Å². The number of benzene rings is 3. The molecule has 2 saturated heterocycles. The van der Waals surface area contributed by atoms with Crippen molar-refractivity contribution in [2.75, 3.05) is 60.4 Å². The molecule has 3 aromatic carbocycles. The van der Waals surface area contributed by atoms with Crippen LogP contribution < -0.4 is 0 Å². The molecule has 3 nitrogen and oxygen atoms in total. The predicted molar refractivity (Wildman–Crippen MR) is 254 cm³/mol. The van der Waals surface area contributed by atoms with Crippen LogP contribution >= 0.6 is 0 Å². The summed E-state index contributed by atoms with van der Waals surface area (Å²) in [5.41, 5.74) is 5.37. The number of aryl methyl sites for hydroxylation is 4. The van der Waals surface area contributed by atoms with Crippen molar-refractivity contribution >= 4 is 10.8 Å². The number of rotatable bonds is 0. The maximum atomic E-state index is 2.40. The Morgan fingerprint density at radius 3 is 0.852 bits per heavy atom. The Hall–Kier alpha value is -2.20. The molecule has 1 aliphatic carbocycles. The standard InChI is InChI=1S/C12H12.C8H16.C8H10.C7H15N.C6H14N2.5C2H6/c1-9-7-8-10(2)12-6-4-3-5-11(9)12;4*1-7-3-5-8(2)6-4-7;5*1-2/h3-8H,1-2H3;7-8H,3-6H2,1-2H3;3-6H,1-2H3;7H,3-6H2,1-2H3;3-6H2,1-2H3;5*1-2H3. The second-order valence-corrected chi connectivity index (χ2v) is 14.4. The molecule has 0 amide bonds. The quantitative estimate of drug-likeness (QED) is 0.226. The number of hydrogen-bond acceptors (Lipinski definition) is 3. The largest absolute Gasteiger partial charge is 0.306 e. The molecule has 1 saturated carbocycles. The lowest BCUT2D eigenvalue weighted by Crippen LogP contribution is -2.42. The fraction of sp³-hybridized carbons (Fsp3) is 0.686. The minimum Gasteiger partial charge on any atom is -0.306 e. The molecular formula is C51H97N3. The third kappa shape index (κ3) is 31.1.